The standard InChI is InChI=1S/C10H13N3/c1-7-12-9-4-2-3-8(5-6-11)10(9)13-7/h2-4H,5-6,11H2,1H3,(H,12,13). The first-order valence-electron chi connectivity index (χ1n) is 4.45. The number of para-hydroxylation sites is 1. The molecule has 2 rings (SSSR count). The number of fused-ring (bicyclic) bond motifs is 1. The van der Waals surface area contributed by atoms with Gasteiger partial charge in [0.2, 0.25) is 0 Å². The first-order valence-corrected chi connectivity index (χ1v) is 4.45. The molecule has 0 bridgehead atoms. The zero-order valence-corrected chi connectivity index (χ0v) is 7.67. The molecule has 3 heteroatoms. The van der Waals surface area contributed by atoms with E-state index in [0.29, 0.717) is 6.54 Å². The third-order valence-corrected chi connectivity index (χ3v) is 2.13. The van der Waals surface area contributed by atoms with E-state index in [-0.39, 0.29) is 0 Å². The van der Waals surface area contributed by atoms with Crippen molar-refractivity contribution >= 4 is 11.0 Å². The summed E-state index contributed by atoms with van der Waals surface area (Å²) in [6, 6.07) is 6.15. The average molecular weight is 175 g/mol. The highest BCUT2D eigenvalue weighted by atomic mass is 14.9. The van der Waals surface area contributed by atoms with Crippen LogP contribution in [0.15, 0.2) is 18.2 Å². The smallest absolute Gasteiger partial charge is 0.104 e. The number of nitrogens with two attached hydrogens (primary N) is 1. The number of H-pyrrole nitrogens is 1. The monoisotopic (exact) mass is 175 g/mol. The third kappa shape index (κ3) is 1.42. The summed E-state index contributed by atoms with van der Waals surface area (Å²) in [7, 11) is 0. The average Bonchev–Trinajstić information content (AvgIpc) is 2.47. The Hall–Kier alpha value is -1.35. The van der Waals surface area contributed by atoms with E-state index in [0.717, 1.165) is 23.3 Å². The predicted octanol–water partition coefficient (Wildman–Crippen LogP) is 1.37. The van der Waals surface area contributed by atoms with Crippen molar-refractivity contribution in [3.8, 4) is 0 Å². The Kier molecular flexibility index (Phi) is 2.02. The van der Waals surface area contributed by atoms with Crippen LogP contribution in [0.5, 0.6) is 0 Å². The van der Waals surface area contributed by atoms with Crippen LogP contribution in [0.25, 0.3) is 11.0 Å². The van der Waals surface area contributed by atoms with Crippen molar-refractivity contribution in [2.24, 2.45) is 5.73 Å². The molecule has 2 aromatic rings. The Balaban J connectivity index is 2.60. The van der Waals surface area contributed by atoms with Gasteiger partial charge in [0.15, 0.2) is 0 Å². The second-order valence-electron chi connectivity index (χ2n) is 3.17. The fraction of sp³-hybridized carbons (Fsp3) is 0.300. The molecule has 0 atom stereocenters. The van der Waals surface area contributed by atoms with Crippen LogP contribution in [0.1, 0.15) is 11.4 Å². The highest BCUT2D eigenvalue weighted by Gasteiger charge is 2.03. The van der Waals surface area contributed by atoms with Gasteiger partial charge < -0.3 is 10.7 Å². The maximum absolute atomic E-state index is 5.52. The number of hydrogen-bond donors (Lipinski definition) is 2. The molecule has 0 aliphatic rings. The van der Waals surface area contributed by atoms with E-state index in [1.54, 1.807) is 0 Å². The van der Waals surface area contributed by atoms with E-state index < -0.39 is 0 Å². The zero-order chi connectivity index (χ0) is 9.26. The second-order valence-corrected chi connectivity index (χ2v) is 3.17. The van der Waals surface area contributed by atoms with Gasteiger partial charge in [0.25, 0.3) is 0 Å². The van der Waals surface area contributed by atoms with Crippen LogP contribution in [0.2, 0.25) is 0 Å². The lowest BCUT2D eigenvalue weighted by Gasteiger charge is -1.98. The lowest BCUT2D eigenvalue weighted by Crippen LogP contribution is -2.02. The molecule has 3 nitrogen and oxygen atoms in total. The molecule has 68 valence electrons. The van der Waals surface area contributed by atoms with Gasteiger partial charge in [-0.25, -0.2) is 4.98 Å². The van der Waals surface area contributed by atoms with Gasteiger partial charge in [-0.3, -0.25) is 0 Å². The summed E-state index contributed by atoms with van der Waals surface area (Å²) < 4.78 is 0. The maximum Gasteiger partial charge on any atom is 0.104 e. The van der Waals surface area contributed by atoms with Crippen molar-refractivity contribution in [3.63, 3.8) is 0 Å². The predicted molar refractivity (Wildman–Crippen MR) is 53.6 cm³/mol. The molecular formula is C10H13N3. The number of rotatable bonds is 2. The molecule has 3 N–H and O–H groups in total. The van der Waals surface area contributed by atoms with Crippen molar-refractivity contribution in [1.82, 2.24) is 9.97 Å². The van der Waals surface area contributed by atoms with Crippen LogP contribution in [0, 0.1) is 6.92 Å². The molecule has 0 saturated carbocycles. The number of aryl methyl sites for hydroxylation is 1. The topological polar surface area (TPSA) is 54.7 Å². The molecule has 0 radical (unpaired) electrons. The molecule has 1 aromatic heterocycles. The maximum atomic E-state index is 5.52. The summed E-state index contributed by atoms with van der Waals surface area (Å²) in [4.78, 5) is 7.63. The van der Waals surface area contributed by atoms with Gasteiger partial charge in [0.1, 0.15) is 5.82 Å². The molecule has 0 fully saturated rings. The number of aromatic amines is 1. The number of imidazole rings is 1. The van der Waals surface area contributed by atoms with E-state index in [1.165, 1.54) is 5.56 Å². The molecule has 0 saturated heterocycles. The van der Waals surface area contributed by atoms with Crippen molar-refractivity contribution in [3.05, 3.63) is 29.6 Å². The van der Waals surface area contributed by atoms with Crippen LogP contribution in [0.4, 0.5) is 0 Å². The third-order valence-electron chi connectivity index (χ3n) is 2.13. The number of nitrogens with zero attached hydrogens (tertiary/aromatic N) is 1. The van der Waals surface area contributed by atoms with E-state index in [2.05, 4.69) is 16.0 Å². The van der Waals surface area contributed by atoms with E-state index in [4.69, 9.17) is 5.73 Å². The Labute approximate surface area is 77.0 Å². The summed E-state index contributed by atoms with van der Waals surface area (Å²) in [5.41, 5.74) is 8.91. The summed E-state index contributed by atoms with van der Waals surface area (Å²) in [5, 5.41) is 0. The largest absolute Gasteiger partial charge is 0.342 e. The number of benzene rings is 1. The summed E-state index contributed by atoms with van der Waals surface area (Å²) >= 11 is 0. The van der Waals surface area contributed by atoms with Crippen molar-refractivity contribution in [1.29, 1.82) is 0 Å². The molecule has 0 amide bonds. The number of hydrogen-bond acceptors (Lipinski definition) is 2. The number of nitrogens with one attached hydrogen (secondary N) is 1. The lowest BCUT2D eigenvalue weighted by molar-refractivity contribution is 0.973. The van der Waals surface area contributed by atoms with Gasteiger partial charge in [-0.05, 0) is 31.5 Å². The second kappa shape index (κ2) is 3.18. The van der Waals surface area contributed by atoms with Crippen molar-refractivity contribution in [2.45, 2.75) is 13.3 Å². The Morgan fingerprint density at radius 2 is 2.31 bits per heavy atom. The SMILES string of the molecule is Cc1nc2c(CCN)cccc2[nH]1. The Morgan fingerprint density at radius 1 is 1.46 bits per heavy atom. The van der Waals surface area contributed by atoms with Gasteiger partial charge in [-0.2, -0.15) is 0 Å². The van der Waals surface area contributed by atoms with Crippen LogP contribution >= 0.6 is 0 Å². The highest BCUT2D eigenvalue weighted by Crippen LogP contribution is 2.16. The Morgan fingerprint density at radius 3 is 3.08 bits per heavy atom. The molecule has 0 unspecified atom stereocenters. The minimum atomic E-state index is 0.672. The minimum absolute atomic E-state index is 0.672. The lowest BCUT2D eigenvalue weighted by atomic mass is 10.1. The van der Waals surface area contributed by atoms with Gasteiger partial charge in [0, 0.05) is 0 Å². The van der Waals surface area contributed by atoms with Crippen LogP contribution in [-0.2, 0) is 6.42 Å². The zero-order valence-electron chi connectivity index (χ0n) is 7.67. The molecule has 0 aliphatic heterocycles. The minimum Gasteiger partial charge on any atom is -0.342 e. The molecule has 1 heterocycles. The number of aromatic nitrogens is 2. The molecule has 0 aliphatic carbocycles. The van der Waals surface area contributed by atoms with Gasteiger partial charge in [-0.15, -0.1) is 0 Å². The van der Waals surface area contributed by atoms with Crippen LogP contribution < -0.4 is 5.73 Å². The van der Waals surface area contributed by atoms with Crippen molar-refractivity contribution in [2.75, 3.05) is 6.54 Å². The highest BCUT2D eigenvalue weighted by molar-refractivity contribution is 5.78. The quantitative estimate of drug-likeness (QED) is 0.724. The van der Waals surface area contributed by atoms with Gasteiger partial charge in [-0.1, -0.05) is 12.1 Å². The fourth-order valence-corrected chi connectivity index (χ4v) is 1.57. The summed E-state index contributed by atoms with van der Waals surface area (Å²) in [6.07, 6.45) is 0.891. The normalized spacial score (nSPS) is 10.9. The van der Waals surface area contributed by atoms with E-state index in [1.807, 2.05) is 19.1 Å². The van der Waals surface area contributed by atoms with Crippen molar-refractivity contribution < 1.29 is 0 Å². The first kappa shape index (κ1) is 8.26. The van der Waals surface area contributed by atoms with Crippen LogP contribution in [0.3, 0.4) is 0 Å². The molecule has 13 heavy (non-hydrogen) atoms. The van der Waals surface area contributed by atoms with E-state index >= 15 is 0 Å². The van der Waals surface area contributed by atoms with Gasteiger partial charge >= 0.3 is 0 Å². The summed E-state index contributed by atoms with van der Waals surface area (Å²) in [5.74, 6) is 0.958. The molecular weight excluding hydrogens is 162 g/mol. The molecule has 0 spiro atoms. The van der Waals surface area contributed by atoms with Crippen LogP contribution in [-0.4, -0.2) is 16.5 Å². The first-order chi connectivity index (χ1) is 6.31. The van der Waals surface area contributed by atoms with Gasteiger partial charge in [0.05, 0.1) is 11.0 Å². The Bertz CT molecular complexity index is 417. The molecule has 1 aromatic carbocycles. The fourth-order valence-electron chi connectivity index (χ4n) is 1.57. The van der Waals surface area contributed by atoms with E-state index in [9.17, 15) is 0 Å². The summed E-state index contributed by atoms with van der Waals surface area (Å²) in [6.45, 7) is 2.64.